The molecule has 0 bridgehead atoms. The van der Waals surface area contributed by atoms with Gasteiger partial charge in [0.05, 0.1) is 6.10 Å². The van der Waals surface area contributed by atoms with Gasteiger partial charge in [0.2, 0.25) is 0 Å². The van der Waals surface area contributed by atoms with Gasteiger partial charge in [0.1, 0.15) is 6.10 Å². The number of rotatable bonds is 11. The van der Waals surface area contributed by atoms with Crippen LogP contribution in [0.15, 0.2) is 30.3 Å². The highest BCUT2D eigenvalue weighted by Gasteiger charge is 2.24. The Morgan fingerprint density at radius 1 is 0.952 bits per heavy atom. The Bertz CT molecular complexity index is 348. The van der Waals surface area contributed by atoms with E-state index in [9.17, 15) is 5.11 Å². The van der Waals surface area contributed by atoms with Gasteiger partial charge in [-0.3, -0.25) is 0 Å². The quantitative estimate of drug-likeness (QED) is 0.573. The molecule has 120 valence electrons. The van der Waals surface area contributed by atoms with Crippen LogP contribution in [-0.4, -0.2) is 17.8 Å². The van der Waals surface area contributed by atoms with E-state index in [1.54, 1.807) is 0 Å². The van der Waals surface area contributed by atoms with E-state index >= 15 is 0 Å². The summed E-state index contributed by atoms with van der Waals surface area (Å²) in [5.41, 5.74) is 0.944. The first kappa shape index (κ1) is 18.2. The molecule has 1 aromatic carbocycles. The molecule has 2 heteroatoms. The molecule has 0 fully saturated rings. The summed E-state index contributed by atoms with van der Waals surface area (Å²) in [6.07, 6.45) is 6.91. The van der Waals surface area contributed by atoms with E-state index < -0.39 is 6.10 Å². The average Bonchev–Trinajstić information content (AvgIpc) is 2.50. The van der Waals surface area contributed by atoms with Gasteiger partial charge in [0.15, 0.2) is 0 Å². The van der Waals surface area contributed by atoms with Crippen LogP contribution in [0.1, 0.15) is 71.0 Å². The molecule has 2 nitrogen and oxygen atoms in total. The largest absolute Gasteiger partial charge is 0.386 e. The van der Waals surface area contributed by atoms with Crippen molar-refractivity contribution in [2.45, 2.75) is 71.5 Å². The highest BCUT2D eigenvalue weighted by molar-refractivity contribution is 5.18. The van der Waals surface area contributed by atoms with Crippen LogP contribution in [0.5, 0.6) is 0 Å². The minimum absolute atomic E-state index is 0.122. The summed E-state index contributed by atoms with van der Waals surface area (Å²) >= 11 is 0. The molecule has 0 heterocycles. The van der Waals surface area contributed by atoms with E-state index in [-0.39, 0.29) is 6.10 Å². The molecule has 0 aromatic heterocycles. The van der Waals surface area contributed by atoms with Crippen molar-refractivity contribution in [1.29, 1.82) is 0 Å². The van der Waals surface area contributed by atoms with Crippen molar-refractivity contribution < 1.29 is 9.84 Å². The minimum atomic E-state index is -0.536. The van der Waals surface area contributed by atoms with Crippen molar-refractivity contribution in [2.75, 3.05) is 6.61 Å². The molecule has 0 spiro atoms. The van der Waals surface area contributed by atoms with Gasteiger partial charge in [-0.15, -0.1) is 0 Å². The maximum Gasteiger partial charge on any atom is 0.105 e. The van der Waals surface area contributed by atoms with Crippen molar-refractivity contribution in [1.82, 2.24) is 0 Å². The number of aliphatic hydroxyl groups is 1. The van der Waals surface area contributed by atoms with Gasteiger partial charge in [-0.2, -0.15) is 0 Å². The fourth-order valence-corrected chi connectivity index (χ4v) is 2.59. The first-order chi connectivity index (χ1) is 10.2. The van der Waals surface area contributed by atoms with Crippen LogP contribution in [-0.2, 0) is 4.74 Å². The lowest BCUT2D eigenvalue weighted by Gasteiger charge is -2.27. The maximum absolute atomic E-state index is 10.5. The third-order valence-electron chi connectivity index (χ3n) is 3.92. The molecule has 2 unspecified atom stereocenters. The third-order valence-corrected chi connectivity index (χ3v) is 3.92. The van der Waals surface area contributed by atoms with Gasteiger partial charge in [-0.1, -0.05) is 83.2 Å². The van der Waals surface area contributed by atoms with Crippen molar-refractivity contribution in [3.63, 3.8) is 0 Å². The van der Waals surface area contributed by atoms with Crippen molar-refractivity contribution >= 4 is 0 Å². The monoisotopic (exact) mass is 292 g/mol. The lowest BCUT2D eigenvalue weighted by molar-refractivity contribution is -0.0640. The molecule has 1 aromatic rings. The maximum atomic E-state index is 10.5. The number of hydrogen-bond acceptors (Lipinski definition) is 2. The summed E-state index contributed by atoms with van der Waals surface area (Å²) in [7, 11) is 0. The van der Waals surface area contributed by atoms with Crippen LogP contribution in [0.3, 0.4) is 0 Å². The van der Waals surface area contributed by atoms with Gasteiger partial charge in [0.25, 0.3) is 0 Å². The van der Waals surface area contributed by atoms with E-state index in [0.29, 0.717) is 5.92 Å². The van der Waals surface area contributed by atoms with Gasteiger partial charge >= 0.3 is 0 Å². The fourth-order valence-electron chi connectivity index (χ4n) is 2.59. The van der Waals surface area contributed by atoms with Crippen molar-refractivity contribution in [3.8, 4) is 0 Å². The highest BCUT2D eigenvalue weighted by atomic mass is 16.5. The van der Waals surface area contributed by atoms with Gasteiger partial charge in [0, 0.05) is 6.61 Å². The fraction of sp³-hybridized carbons (Fsp3) is 0.684. The number of unbranched alkanes of at least 4 members (excludes halogenated alkanes) is 5. The number of aliphatic hydroxyl groups excluding tert-OH is 1. The first-order valence-electron chi connectivity index (χ1n) is 8.51. The molecule has 1 N–H and O–H groups in total. The molecule has 0 aliphatic heterocycles. The van der Waals surface area contributed by atoms with E-state index in [1.165, 1.54) is 32.1 Å². The normalized spacial score (nSPS) is 14.3. The smallest absolute Gasteiger partial charge is 0.105 e. The Hall–Kier alpha value is -0.860. The van der Waals surface area contributed by atoms with E-state index in [0.717, 1.165) is 18.6 Å². The highest BCUT2D eigenvalue weighted by Crippen LogP contribution is 2.24. The molecule has 0 saturated carbocycles. The van der Waals surface area contributed by atoms with Crippen LogP contribution in [0, 0.1) is 5.92 Å². The molecule has 0 amide bonds. The zero-order valence-corrected chi connectivity index (χ0v) is 13.9. The second-order valence-electron chi connectivity index (χ2n) is 6.20. The summed E-state index contributed by atoms with van der Waals surface area (Å²) in [6, 6.07) is 9.83. The molecular weight excluding hydrogens is 260 g/mol. The van der Waals surface area contributed by atoms with Gasteiger partial charge < -0.3 is 9.84 Å². The predicted octanol–water partition coefficient (Wildman–Crippen LogP) is 5.12. The lowest BCUT2D eigenvalue weighted by atomic mass is 9.96. The molecule has 0 saturated heterocycles. The topological polar surface area (TPSA) is 29.5 Å². The Balaban J connectivity index is 2.33. The minimum Gasteiger partial charge on any atom is -0.386 e. The molecule has 0 aliphatic carbocycles. The first-order valence-corrected chi connectivity index (χ1v) is 8.51. The summed E-state index contributed by atoms with van der Waals surface area (Å²) in [5.74, 6) is 0.306. The van der Waals surface area contributed by atoms with E-state index in [1.807, 2.05) is 30.3 Å². The number of hydrogen-bond donors (Lipinski definition) is 1. The van der Waals surface area contributed by atoms with Crippen LogP contribution in [0.25, 0.3) is 0 Å². The van der Waals surface area contributed by atoms with Crippen LogP contribution in [0.4, 0.5) is 0 Å². The molecule has 21 heavy (non-hydrogen) atoms. The molecule has 2 atom stereocenters. The standard InChI is InChI=1S/C19H32O2/c1-4-5-6-7-8-12-15-21-19(16(2)3)18(20)17-13-10-9-11-14-17/h9-11,13-14,16,18-20H,4-8,12,15H2,1-3H3. The lowest BCUT2D eigenvalue weighted by Crippen LogP contribution is -2.28. The Kier molecular flexibility index (Phi) is 9.36. The zero-order chi connectivity index (χ0) is 15.5. The van der Waals surface area contributed by atoms with E-state index in [4.69, 9.17) is 4.74 Å². The predicted molar refractivity (Wildman–Crippen MR) is 89.4 cm³/mol. The van der Waals surface area contributed by atoms with Gasteiger partial charge in [-0.25, -0.2) is 0 Å². The molecule has 1 rings (SSSR count). The second-order valence-corrected chi connectivity index (χ2v) is 6.20. The summed E-state index contributed by atoms with van der Waals surface area (Å²) < 4.78 is 5.98. The Morgan fingerprint density at radius 2 is 1.57 bits per heavy atom. The summed E-state index contributed by atoms with van der Waals surface area (Å²) in [5, 5.41) is 10.5. The SMILES string of the molecule is CCCCCCCCOC(C(C)C)C(O)c1ccccc1. The molecule has 0 radical (unpaired) electrons. The Morgan fingerprint density at radius 3 is 2.19 bits per heavy atom. The summed E-state index contributed by atoms with van der Waals surface area (Å²) in [4.78, 5) is 0. The van der Waals surface area contributed by atoms with Crippen LogP contribution < -0.4 is 0 Å². The average molecular weight is 292 g/mol. The Labute approximate surface area is 130 Å². The number of ether oxygens (including phenoxy) is 1. The zero-order valence-electron chi connectivity index (χ0n) is 13.9. The van der Waals surface area contributed by atoms with Crippen molar-refractivity contribution in [2.24, 2.45) is 5.92 Å². The third kappa shape index (κ3) is 7.10. The molecule has 0 aliphatic rings. The molecular formula is C19H32O2. The van der Waals surface area contributed by atoms with Crippen LogP contribution >= 0.6 is 0 Å². The number of benzene rings is 1. The summed E-state index contributed by atoms with van der Waals surface area (Å²) in [6.45, 7) is 7.20. The van der Waals surface area contributed by atoms with Gasteiger partial charge in [-0.05, 0) is 17.9 Å². The van der Waals surface area contributed by atoms with E-state index in [2.05, 4.69) is 20.8 Å². The van der Waals surface area contributed by atoms with Crippen molar-refractivity contribution in [3.05, 3.63) is 35.9 Å². The second kappa shape index (κ2) is 10.8. The van der Waals surface area contributed by atoms with Crippen LogP contribution in [0.2, 0.25) is 0 Å².